The molecule has 1 heterocycles. The molecule has 4 aromatic rings. The minimum Gasteiger partial charge on any atom is -0.482 e. The van der Waals surface area contributed by atoms with Crippen LogP contribution in [0.5, 0.6) is 5.75 Å². The number of nitrogens with zero attached hydrogens (tertiary/aromatic N) is 1. The Morgan fingerprint density at radius 2 is 1.63 bits per heavy atom. The van der Waals surface area contributed by atoms with Gasteiger partial charge in [0, 0.05) is 22.0 Å². The van der Waals surface area contributed by atoms with Crippen molar-refractivity contribution in [2.75, 3.05) is 11.9 Å². The van der Waals surface area contributed by atoms with Crippen LogP contribution in [0.1, 0.15) is 0 Å². The Bertz CT molecular complexity index is 1160. The van der Waals surface area contributed by atoms with E-state index in [0.717, 1.165) is 22.4 Å². The standard InChI is InChI=1S/C23H16Cl2N2O2S/c24-18-10-11-19(25)21(12-18)29-13-22(28)27-23-26-20(14-30-23)17-8-6-16(7-9-17)15-4-2-1-3-5-15/h1-12,14H,13H2,(H,26,27,28). The fraction of sp³-hybridized carbons (Fsp3) is 0.0435. The summed E-state index contributed by atoms with van der Waals surface area (Å²) >= 11 is 13.3. The average Bonchev–Trinajstić information content (AvgIpc) is 3.23. The maximum atomic E-state index is 12.2. The van der Waals surface area contributed by atoms with Crippen LogP contribution in [0.4, 0.5) is 5.13 Å². The van der Waals surface area contributed by atoms with Gasteiger partial charge in [-0.25, -0.2) is 4.98 Å². The minimum atomic E-state index is -0.327. The Balaban J connectivity index is 1.38. The number of aromatic nitrogens is 1. The number of rotatable bonds is 6. The van der Waals surface area contributed by atoms with E-state index < -0.39 is 0 Å². The number of anilines is 1. The van der Waals surface area contributed by atoms with Crippen molar-refractivity contribution in [3.05, 3.63) is 88.2 Å². The molecule has 1 amide bonds. The van der Waals surface area contributed by atoms with E-state index in [1.54, 1.807) is 18.2 Å². The number of carbonyl (C=O) groups excluding carboxylic acids is 1. The average molecular weight is 455 g/mol. The van der Waals surface area contributed by atoms with Crippen LogP contribution in [0.3, 0.4) is 0 Å². The Hall–Kier alpha value is -2.86. The van der Waals surface area contributed by atoms with Crippen molar-refractivity contribution in [3.8, 4) is 28.1 Å². The number of ether oxygens (including phenoxy) is 1. The number of amides is 1. The smallest absolute Gasteiger partial charge is 0.264 e. The third-order valence-electron chi connectivity index (χ3n) is 4.29. The molecule has 4 nitrogen and oxygen atoms in total. The maximum absolute atomic E-state index is 12.2. The highest BCUT2D eigenvalue weighted by Gasteiger charge is 2.11. The van der Waals surface area contributed by atoms with Gasteiger partial charge in [0.25, 0.3) is 5.91 Å². The van der Waals surface area contributed by atoms with Gasteiger partial charge in [0.05, 0.1) is 10.7 Å². The molecule has 0 spiro atoms. The quantitative estimate of drug-likeness (QED) is 0.348. The van der Waals surface area contributed by atoms with E-state index in [1.165, 1.54) is 11.3 Å². The molecule has 4 rings (SSSR count). The second kappa shape index (κ2) is 9.30. The lowest BCUT2D eigenvalue weighted by atomic mass is 10.0. The molecule has 0 saturated heterocycles. The van der Waals surface area contributed by atoms with E-state index in [4.69, 9.17) is 27.9 Å². The lowest BCUT2D eigenvalue weighted by Gasteiger charge is -2.07. The second-order valence-corrected chi connectivity index (χ2v) is 8.09. The topological polar surface area (TPSA) is 51.2 Å². The first-order chi connectivity index (χ1) is 14.6. The van der Waals surface area contributed by atoms with E-state index in [-0.39, 0.29) is 12.5 Å². The first kappa shape index (κ1) is 20.4. The molecule has 0 bridgehead atoms. The monoisotopic (exact) mass is 454 g/mol. The van der Waals surface area contributed by atoms with Crippen molar-refractivity contribution in [1.29, 1.82) is 0 Å². The van der Waals surface area contributed by atoms with Crippen LogP contribution < -0.4 is 10.1 Å². The van der Waals surface area contributed by atoms with Crippen molar-refractivity contribution < 1.29 is 9.53 Å². The van der Waals surface area contributed by atoms with Crippen molar-refractivity contribution >= 4 is 45.6 Å². The van der Waals surface area contributed by atoms with Gasteiger partial charge in [-0.05, 0) is 23.3 Å². The van der Waals surface area contributed by atoms with Gasteiger partial charge in [-0.1, -0.05) is 77.8 Å². The SMILES string of the molecule is O=C(COc1cc(Cl)ccc1Cl)Nc1nc(-c2ccc(-c3ccccc3)cc2)cs1. The molecule has 1 N–H and O–H groups in total. The third kappa shape index (κ3) is 5.00. The fourth-order valence-electron chi connectivity index (χ4n) is 2.81. The number of hydrogen-bond acceptors (Lipinski definition) is 4. The van der Waals surface area contributed by atoms with E-state index in [0.29, 0.717) is 20.9 Å². The first-order valence-corrected chi connectivity index (χ1v) is 10.7. The highest BCUT2D eigenvalue weighted by Crippen LogP contribution is 2.29. The van der Waals surface area contributed by atoms with Gasteiger partial charge in [0.2, 0.25) is 0 Å². The molecular weight excluding hydrogens is 439 g/mol. The zero-order valence-electron chi connectivity index (χ0n) is 15.6. The van der Waals surface area contributed by atoms with Gasteiger partial charge >= 0.3 is 0 Å². The van der Waals surface area contributed by atoms with E-state index >= 15 is 0 Å². The predicted molar refractivity (Wildman–Crippen MR) is 124 cm³/mol. The lowest BCUT2D eigenvalue weighted by Crippen LogP contribution is -2.20. The van der Waals surface area contributed by atoms with Crippen molar-refractivity contribution in [2.24, 2.45) is 0 Å². The summed E-state index contributed by atoms with van der Waals surface area (Å²) in [6.45, 7) is -0.194. The molecule has 0 aliphatic rings. The van der Waals surface area contributed by atoms with Crippen LogP contribution in [0.2, 0.25) is 10.0 Å². The summed E-state index contributed by atoms with van der Waals surface area (Å²) in [4.78, 5) is 16.7. The molecule has 0 aliphatic carbocycles. The summed E-state index contributed by atoms with van der Waals surface area (Å²) in [5.74, 6) is 0.0315. The largest absolute Gasteiger partial charge is 0.482 e. The molecule has 0 fully saturated rings. The van der Waals surface area contributed by atoms with E-state index in [1.807, 2.05) is 35.7 Å². The van der Waals surface area contributed by atoms with Gasteiger partial charge < -0.3 is 4.74 Å². The zero-order valence-corrected chi connectivity index (χ0v) is 18.0. The predicted octanol–water partition coefficient (Wildman–Crippen LogP) is 6.80. The van der Waals surface area contributed by atoms with E-state index in [9.17, 15) is 4.79 Å². The Morgan fingerprint density at radius 1 is 0.933 bits per heavy atom. The highest BCUT2D eigenvalue weighted by atomic mass is 35.5. The molecule has 7 heteroatoms. The van der Waals surface area contributed by atoms with Crippen LogP contribution in [0, 0.1) is 0 Å². The van der Waals surface area contributed by atoms with Gasteiger partial charge in [0.15, 0.2) is 11.7 Å². The summed E-state index contributed by atoms with van der Waals surface area (Å²) in [5, 5.41) is 6.02. The molecule has 0 aliphatic heterocycles. The van der Waals surface area contributed by atoms with E-state index in [2.05, 4.69) is 34.6 Å². The molecule has 3 aromatic carbocycles. The van der Waals surface area contributed by atoms with Gasteiger partial charge in [0.1, 0.15) is 5.75 Å². The number of carbonyl (C=O) groups is 1. The van der Waals surface area contributed by atoms with Crippen LogP contribution >= 0.6 is 34.5 Å². The lowest BCUT2D eigenvalue weighted by molar-refractivity contribution is -0.118. The van der Waals surface area contributed by atoms with Gasteiger partial charge in [-0.15, -0.1) is 11.3 Å². The summed E-state index contributed by atoms with van der Waals surface area (Å²) in [6.07, 6.45) is 0. The van der Waals surface area contributed by atoms with Crippen LogP contribution in [0.25, 0.3) is 22.4 Å². The number of halogens is 2. The number of benzene rings is 3. The molecule has 0 unspecified atom stereocenters. The number of hydrogen-bond donors (Lipinski definition) is 1. The molecule has 0 saturated carbocycles. The molecule has 0 radical (unpaired) electrons. The fourth-order valence-corrected chi connectivity index (χ4v) is 3.88. The van der Waals surface area contributed by atoms with Gasteiger partial charge in [-0.3, -0.25) is 10.1 Å². The maximum Gasteiger partial charge on any atom is 0.264 e. The highest BCUT2D eigenvalue weighted by molar-refractivity contribution is 7.14. The Kier molecular flexibility index (Phi) is 6.33. The van der Waals surface area contributed by atoms with Gasteiger partial charge in [-0.2, -0.15) is 0 Å². The van der Waals surface area contributed by atoms with Crippen LogP contribution in [-0.2, 0) is 4.79 Å². The van der Waals surface area contributed by atoms with Crippen molar-refractivity contribution in [1.82, 2.24) is 4.98 Å². The minimum absolute atomic E-state index is 0.194. The molecule has 1 aromatic heterocycles. The molecule has 150 valence electrons. The summed E-state index contributed by atoms with van der Waals surface area (Å²) < 4.78 is 5.45. The Labute approximate surface area is 188 Å². The summed E-state index contributed by atoms with van der Waals surface area (Å²) in [5.41, 5.74) is 4.08. The molecule has 30 heavy (non-hydrogen) atoms. The normalized spacial score (nSPS) is 10.6. The molecular formula is C23H16Cl2N2O2S. The third-order valence-corrected chi connectivity index (χ3v) is 5.60. The van der Waals surface area contributed by atoms with Crippen molar-refractivity contribution in [2.45, 2.75) is 0 Å². The summed E-state index contributed by atoms with van der Waals surface area (Å²) in [7, 11) is 0. The van der Waals surface area contributed by atoms with Crippen LogP contribution in [-0.4, -0.2) is 17.5 Å². The summed E-state index contributed by atoms with van der Waals surface area (Å²) in [6, 6.07) is 23.2. The zero-order chi connectivity index (χ0) is 20.9. The van der Waals surface area contributed by atoms with Crippen molar-refractivity contribution in [3.63, 3.8) is 0 Å². The number of thiazole rings is 1. The first-order valence-electron chi connectivity index (χ1n) is 9.07. The van der Waals surface area contributed by atoms with Crippen LogP contribution in [0.15, 0.2) is 78.2 Å². The second-order valence-electron chi connectivity index (χ2n) is 6.39. The Morgan fingerprint density at radius 3 is 2.40 bits per heavy atom. The molecule has 0 atom stereocenters. The number of nitrogens with one attached hydrogen (secondary N) is 1.